The SMILES string of the molecule is Cc1noc(C)c1CN1C(=O)CCC12CCCN(c1ncnc3ccsc13)CC2. The van der Waals surface area contributed by atoms with Crippen molar-refractivity contribution in [1.82, 2.24) is 20.0 Å². The third-order valence-corrected chi connectivity index (χ3v) is 7.52. The van der Waals surface area contributed by atoms with Gasteiger partial charge in [0.1, 0.15) is 17.9 Å². The molecule has 152 valence electrons. The Morgan fingerprint density at radius 2 is 2.10 bits per heavy atom. The van der Waals surface area contributed by atoms with E-state index in [-0.39, 0.29) is 11.4 Å². The van der Waals surface area contributed by atoms with Gasteiger partial charge in [-0.15, -0.1) is 11.3 Å². The Bertz CT molecular complexity index is 1040. The van der Waals surface area contributed by atoms with Crippen LogP contribution in [0.1, 0.15) is 49.1 Å². The van der Waals surface area contributed by atoms with Crippen LogP contribution in [0.2, 0.25) is 0 Å². The van der Waals surface area contributed by atoms with Gasteiger partial charge in [-0.25, -0.2) is 9.97 Å². The summed E-state index contributed by atoms with van der Waals surface area (Å²) in [6.07, 6.45) is 6.25. The summed E-state index contributed by atoms with van der Waals surface area (Å²) in [6, 6.07) is 2.05. The number of anilines is 1. The molecule has 2 aliphatic rings. The number of aromatic nitrogens is 3. The minimum Gasteiger partial charge on any atom is -0.361 e. The molecule has 3 aromatic rings. The molecule has 1 spiro atoms. The van der Waals surface area contributed by atoms with E-state index in [1.54, 1.807) is 17.7 Å². The van der Waals surface area contributed by atoms with E-state index in [0.29, 0.717) is 13.0 Å². The van der Waals surface area contributed by atoms with Gasteiger partial charge in [0, 0.05) is 30.6 Å². The molecule has 3 aromatic heterocycles. The summed E-state index contributed by atoms with van der Waals surface area (Å²) < 4.78 is 6.49. The van der Waals surface area contributed by atoms with Crippen molar-refractivity contribution in [2.45, 2.75) is 58.0 Å². The molecule has 7 nitrogen and oxygen atoms in total. The fourth-order valence-corrected chi connectivity index (χ4v) is 5.79. The Kier molecular flexibility index (Phi) is 4.53. The first kappa shape index (κ1) is 18.5. The number of carbonyl (C=O) groups is 1. The van der Waals surface area contributed by atoms with Crippen molar-refractivity contribution in [3.05, 3.63) is 34.8 Å². The van der Waals surface area contributed by atoms with Crippen LogP contribution in [0.3, 0.4) is 0 Å². The number of amides is 1. The van der Waals surface area contributed by atoms with Gasteiger partial charge in [-0.05, 0) is 51.0 Å². The van der Waals surface area contributed by atoms with Crippen LogP contribution in [0.4, 0.5) is 5.82 Å². The van der Waals surface area contributed by atoms with Gasteiger partial charge in [-0.2, -0.15) is 0 Å². The van der Waals surface area contributed by atoms with Crippen molar-refractivity contribution in [1.29, 1.82) is 0 Å². The summed E-state index contributed by atoms with van der Waals surface area (Å²) in [7, 11) is 0. The van der Waals surface area contributed by atoms with Crippen LogP contribution < -0.4 is 4.90 Å². The predicted molar refractivity (Wildman–Crippen MR) is 112 cm³/mol. The number of hydrogen-bond acceptors (Lipinski definition) is 7. The highest BCUT2D eigenvalue weighted by molar-refractivity contribution is 7.17. The molecule has 0 aromatic carbocycles. The quantitative estimate of drug-likeness (QED) is 0.652. The van der Waals surface area contributed by atoms with Crippen molar-refractivity contribution < 1.29 is 9.32 Å². The van der Waals surface area contributed by atoms with E-state index >= 15 is 0 Å². The Balaban J connectivity index is 1.41. The monoisotopic (exact) mass is 411 g/mol. The van der Waals surface area contributed by atoms with Gasteiger partial charge in [-0.1, -0.05) is 5.16 Å². The Morgan fingerprint density at radius 1 is 1.21 bits per heavy atom. The standard InChI is InChI=1S/C21H25N5O2S/c1-14-16(15(2)28-24-14)12-26-18(27)4-7-21(26)6-3-9-25(10-8-21)20-19-17(5-11-29-19)22-13-23-20/h5,11,13H,3-4,6-10,12H2,1-2H3. The number of thiophene rings is 1. The van der Waals surface area contributed by atoms with E-state index < -0.39 is 0 Å². The van der Waals surface area contributed by atoms with Crippen molar-refractivity contribution in [2.75, 3.05) is 18.0 Å². The molecule has 1 unspecified atom stereocenters. The molecule has 0 N–H and O–H groups in total. The zero-order chi connectivity index (χ0) is 20.0. The van der Waals surface area contributed by atoms with Crippen LogP contribution in [-0.4, -0.2) is 44.6 Å². The second-order valence-corrected chi connectivity index (χ2v) is 9.10. The van der Waals surface area contributed by atoms with Gasteiger partial charge in [-0.3, -0.25) is 4.79 Å². The van der Waals surface area contributed by atoms with Crippen molar-refractivity contribution >= 4 is 33.3 Å². The second-order valence-electron chi connectivity index (χ2n) is 8.18. The van der Waals surface area contributed by atoms with Gasteiger partial charge in [0.15, 0.2) is 0 Å². The smallest absolute Gasteiger partial charge is 0.223 e. The molecule has 2 saturated heterocycles. The highest BCUT2D eigenvalue weighted by Gasteiger charge is 2.46. The Morgan fingerprint density at radius 3 is 2.93 bits per heavy atom. The van der Waals surface area contributed by atoms with E-state index in [1.807, 2.05) is 19.9 Å². The molecule has 0 radical (unpaired) electrons. The van der Waals surface area contributed by atoms with E-state index in [2.05, 4.69) is 30.3 Å². The predicted octanol–water partition coefficient (Wildman–Crippen LogP) is 3.85. The van der Waals surface area contributed by atoms with Gasteiger partial charge >= 0.3 is 0 Å². The number of hydrogen-bond donors (Lipinski definition) is 0. The molecule has 2 aliphatic heterocycles. The Hall–Kier alpha value is -2.48. The van der Waals surface area contributed by atoms with Gasteiger partial charge in [0.2, 0.25) is 5.91 Å². The van der Waals surface area contributed by atoms with Crippen molar-refractivity contribution in [3.63, 3.8) is 0 Å². The van der Waals surface area contributed by atoms with Crippen molar-refractivity contribution in [2.24, 2.45) is 0 Å². The van der Waals surface area contributed by atoms with E-state index in [4.69, 9.17) is 4.52 Å². The van der Waals surface area contributed by atoms with E-state index in [9.17, 15) is 4.79 Å². The molecular weight excluding hydrogens is 386 g/mol. The first-order valence-electron chi connectivity index (χ1n) is 10.2. The van der Waals surface area contributed by atoms with Crippen LogP contribution in [0, 0.1) is 13.8 Å². The van der Waals surface area contributed by atoms with Crippen LogP contribution in [-0.2, 0) is 11.3 Å². The molecule has 8 heteroatoms. The Labute approximate surface area is 173 Å². The normalized spacial score (nSPS) is 22.8. The molecule has 0 saturated carbocycles. The van der Waals surface area contributed by atoms with E-state index in [1.165, 1.54) is 0 Å². The summed E-state index contributed by atoms with van der Waals surface area (Å²) in [5, 5.41) is 6.15. The second kappa shape index (κ2) is 7.09. The average molecular weight is 412 g/mol. The molecular formula is C21H25N5O2S. The average Bonchev–Trinajstić information content (AvgIpc) is 3.35. The molecule has 0 bridgehead atoms. The lowest BCUT2D eigenvalue weighted by Crippen LogP contribution is -2.46. The lowest BCUT2D eigenvalue weighted by molar-refractivity contribution is -0.132. The van der Waals surface area contributed by atoms with Crippen molar-refractivity contribution in [3.8, 4) is 0 Å². The number of carbonyl (C=O) groups excluding carboxylic acids is 1. The van der Waals surface area contributed by atoms with Gasteiger partial charge in [0.25, 0.3) is 0 Å². The third-order valence-electron chi connectivity index (χ3n) is 6.62. The maximum Gasteiger partial charge on any atom is 0.223 e. The van der Waals surface area contributed by atoms with Gasteiger partial charge in [0.05, 0.1) is 22.5 Å². The number of fused-ring (bicyclic) bond motifs is 1. The molecule has 5 heterocycles. The minimum atomic E-state index is -0.0798. The fourth-order valence-electron chi connectivity index (χ4n) is 4.93. The molecule has 29 heavy (non-hydrogen) atoms. The minimum absolute atomic E-state index is 0.0798. The highest BCUT2D eigenvalue weighted by atomic mass is 32.1. The van der Waals surface area contributed by atoms with Crippen LogP contribution in [0.25, 0.3) is 10.2 Å². The number of aryl methyl sites for hydroxylation is 2. The lowest BCUT2D eigenvalue weighted by atomic mass is 9.87. The lowest BCUT2D eigenvalue weighted by Gasteiger charge is -2.38. The highest BCUT2D eigenvalue weighted by Crippen LogP contribution is 2.41. The number of nitrogens with zero attached hydrogens (tertiary/aromatic N) is 5. The van der Waals surface area contributed by atoms with Crippen LogP contribution in [0.5, 0.6) is 0 Å². The number of rotatable bonds is 3. The summed E-state index contributed by atoms with van der Waals surface area (Å²) in [4.78, 5) is 26.3. The summed E-state index contributed by atoms with van der Waals surface area (Å²) in [6.45, 7) is 6.34. The van der Waals surface area contributed by atoms with Crippen LogP contribution >= 0.6 is 11.3 Å². The molecule has 0 aliphatic carbocycles. The molecule has 2 fully saturated rings. The molecule has 1 amide bonds. The van der Waals surface area contributed by atoms with Crippen LogP contribution in [0.15, 0.2) is 22.3 Å². The zero-order valence-electron chi connectivity index (χ0n) is 16.8. The molecule has 5 rings (SSSR count). The first-order chi connectivity index (χ1) is 14.1. The third kappa shape index (κ3) is 3.10. The maximum absolute atomic E-state index is 12.8. The largest absolute Gasteiger partial charge is 0.361 e. The summed E-state index contributed by atoms with van der Waals surface area (Å²) >= 11 is 1.70. The first-order valence-corrected chi connectivity index (χ1v) is 11.1. The number of likely N-dealkylation sites (tertiary alicyclic amines) is 1. The maximum atomic E-state index is 12.8. The zero-order valence-corrected chi connectivity index (χ0v) is 17.7. The van der Waals surface area contributed by atoms with E-state index in [0.717, 1.165) is 71.8 Å². The topological polar surface area (TPSA) is 75.4 Å². The summed E-state index contributed by atoms with van der Waals surface area (Å²) in [5.41, 5.74) is 2.87. The fraction of sp³-hybridized carbons (Fsp3) is 0.524. The molecule has 1 atom stereocenters. The summed E-state index contributed by atoms with van der Waals surface area (Å²) in [5.74, 6) is 2.10. The van der Waals surface area contributed by atoms with Gasteiger partial charge < -0.3 is 14.3 Å².